The van der Waals surface area contributed by atoms with Crippen LogP contribution in [0.5, 0.6) is 0 Å². The van der Waals surface area contributed by atoms with E-state index < -0.39 is 0 Å². The number of carbonyl (C=O) groups excluding carboxylic acids is 1. The number of amides is 1. The first-order valence-electron chi connectivity index (χ1n) is 8.19. The molecule has 0 saturated carbocycles. The lowest BCUT2D eigenvalue weighted by molar-refractivity contribution is -0.121. The Morgan fingerprint density at radius 3 is 2.81 bits per heavy atom. The molecule has 3 aromatic heterocycles. The summed E-state index contributed by atoms with van der Waals surface area (Å²) in [6.07, 6.45) is 6.54. The smallest absolute Gasteiger partial charge is 0.256 e. The predicted molar refractivity (Wildman–Crippen MR) is 97.3 cm³/mol. The largest absolute Gasteiger partial charge is 0.350 e. The summed E-state index contributed by atoms with van der Waals surface area (Å²) in [4.78, 5) is 36.8. The summed E-state index contributed by atoms with van der Waals surface area (Å²) in [5.74, 6) is -0.253. The van der Waals surface area contributed by atoms with Crippen molar-refractivity contribution >= 4 is 5.91 Å². The van der Waals surface area contributed by atoms with Crippen LogP contribution in [0.3, 0.4) is 0 Å². The van der Waals surface area contributed by atoms with Crippen LogP contribution >= 0.6 is 0 Å². The Morgan fingerprint density at radius 2 is 2.04 bits per heavy atom. The van der Waals surface area contributed by atoms with Crippen LogP contribution in [0.1, 0.15) is 16.8 Å². The van der Waals surface area contributed by atoms with Gasteiger partial charge in [0, 0.05) is 42.0 Å². The first-order valence-corrected chi connectivity index (χ1v) is 8.19. The van der Waals surface area contributed by atoms with Gasteiger partial charge in [0.25, 0.3) is 5.56 Å². The maximum absolute atomic E-state index is 12.2. The van der Waals surface area contributed by atoms with Crippen LogP contribution in [0.15, 0.2) is 54.0 Å². The number of aryl methyl sites for hydroxylation is 1. The molecule has 0 aromatic carbocycles. The Balaban J connectivity index is 1.65. The monoisotopic (exact) mass is 349 g/mol. The van der Waals surface area contributed by atoms with E-state index in [4.69, 9.17) is 0 Å². The molecule has 0 aliphatic carbocycles. The summed E-state index contributed by atoms with van der Waals surface area (Å²) in [5.41, 5.74) is 3.64. The molecule has 3 heterocycles. The molecule has 1 amide bonds. The Morgan fingerprint density at radius 1 is 1.19 bits per heavy atom. The van der Waals surface area contributed by atoms with Crippen molar-refractivity contribution in [2.75, 3.05) is 0 Å². The third-order valence-corrected chi connectivity index (χ3v) is 4.10. The van der Waals surface area contributed by atoms with Crippen LogP contribution in [0, 0.1) is 13.8 Å². The van der Waals surface area contributed by atoms with E-state index in [2.05, 4.69) is 20.3 Å². The molecule has 0 aliphatic heterocycles. The van der Waals surface area contributed by atoms with Gasteiger partial charge in [-0.05, 0) is 43.7 Å². The standard InChI is InChI=1S/C19H19N5O2/c1-13-14(2)23-12-24(19(13)26)11-18(25)22-9-15-5-7-21-17(8-15)16-4-3-6-20-10-16/h3-8,10,12H,9,11H2,1-2H3,(H,22,25). The third kappa shape index (κ3) is 4.00. The highest BCUT2D eigenvalue weighted by Crippen LogP contribution is 2.16. The number of hydrogen-bond acceptors (Lipinski definition) is 5. The quantitative estimate of drug-likeness (QED) is 0.756. The zero-order chi connectivity index (χ0) is 18.5. The fourth-order valence-corrected chi connectivity index (χ4v) is 2.46. The summed E-state index contributed by atoms with van der Waals surface area (Å²) >= 11 is 0. The van der Waals surface area contributed by atoms with Crippen LogP contribution in [-0.2, 0) is 17.9 Å². The van der Waals surface area contributed by atoms with Gasteiger partial charge in [0.1, 0.15) is 6.54 Å². The van der Waals surface area contributed by atoms with Crippen molar-refractivity contribution in [1.29, 1.82) is 0 Å². The second-order valence-corrected chi connectivity index (χ2v) is 5.96. The number of pyridine rings is 2. The number of carbonyl (C=O) groups is 1. The fourth-order valence-electron chi connectivity index (χ4n) is 2.46. The molecular formula is C19H19N5O2. The fraction of sp³-hybridized carbons (Fsp3) is 0.211. The van der Waals surface area contributed by atoms with E-state index in [1.165, 1.54) is 10.9 Å². The van der Waals surface area contributed by atoms with Gasteiger partial charge in [-0.15, -0.1) is 0 Å². The maximum atomic E-state index is 12.2. The van der Waals surface area contributed by atoms with E-state index in [1.807, 2.05) is 24.3 Å². The summed E-state index contributed by atoms with van der Waals surface area (Å²) in [7, 11) is 0. The van der Waals surface area contributed by atoms with E-state index in [9.17, 15) is 9.59 Å². The molecule has 7 nitrogen and oxygen atoms in total. The van der Waals surface area contributed by atoms with E-state index in [0.717, 1.165) is 16.8 Å². The molecule has 0 spiro atoms. The molecule has 0 aliphatic rings. The highest BCUT2D eigenvalue weighted by atomic mass is 16.2. The van der Waals surface area contributed by atoms with Gasteiger partial charge in [-0.3, -0.25) is 24.1 Å². The summed E-state index contributed by atoms with van der Waals surface area (Å²) < 4.78 is 1.31. The van der Waals surface area contributed by atoms with Crippen molar-refractivity contribution in [2.45, 2.75) is 26.9 Å². The normalized spacial score (nSPS) is 10.5. The topological polar surface area (TPSA) is 89.8 Å². The number of hydrogen-bond donors (Lipinski definition) is 1. The average Bonchev–Trinajstić information content (AvgIpc) is 2.68. The lowest BCUT2D eigenvalue weighted by Crippen LogP contribution is -2.33. The Bertz CT molecular complexity index is 983. The average molecular weight is 349 g/mol. The van der Waals surface area contributed by atoms with Crippen LogP contribution in [0.4, 0.5) is 0 Å². The van der Waals surface area contributed by atoms with Crippen molar-refractivity contribution in [1.82, 2.24) is 24.8 Å². The van der Waals surface area contributed by atoms with Crippen LogP contribution in [0.2, 0.25) is 0 Å². The SMILES string of the molecule is Cc1ncn(CC(=O)NCc2ccnc(-c3cccnc3)c2)c(=O)c1C. The highest BCUT2D eigenvalue weighted by molar-refractivity contribution is 5.75. The van der Waals surface area contributed by atoms with Gasteiger partial charge in [-0.1, -0.05) is 0 Å². The Kier molecular flexibility index (Phi) is 5.17. The van der Waals surface area contributed by atoms with Gasteiger partial charge in [0.15, 0.2) is 0 Å². The number of nitrogens with one attached hydrogen (secondary N) is 1. The minimum atomic E-state index is -0.253. The first kappa shape index (κ1) is 17.5. The van der Waals surface area contributed by atoms with E-state index in [1.54, 1.807) is 32.4 Å². The first-order chi connectivity index (χ1) is 12.5. The van der Waals surface area contributed by atoms with Gasteiger partial charge in [-0.2, -0.15) is 0 Å². The molecular weight excluding hydrogens is 330 g/mol. The summed E-state index contributed by atoms with van der Waals surface area (Å²) in [6, 6.07) is 7.52. The molecule has 0 atom stereocenters. The van der Waals surface area contributed by atoms with Gasteiger partial charge >= 0.3 is 0 Å². The van der Waals surface area contributed by atoms with Crippen LogP contribution in [0.25, 0.3) is 11.3 Å². The van der Waals surface area contributed by atoms with Crippen molar-refractivity contribution in [2.24, 2.45) is 0 Å². The summed E-state index contributed by atoms with van der Waals surface area (Å²) in [6.45, 7) is 3.76. The van der Waals surface area contributed by atoms with Crippen molar-refractivity contribution in [3.05, 3.63) is 76.4 Å². The molecule has 0 unspecified atom stereocenters. The maximum Gasteiger partial charge on any atom is 0.256 e. The van der Waals surface area contributed by atoms with Gasteiger partial charge in [0.2, 0.25) is 5.91 Å². The minimum absolute atomic E-state index is 0.0620. The lowest BCUT2D eigenvalue weighted by atomic mass is 10.1. The Hall–Kier alpha value is -3.35. The molecule has 132 valence electrons. The predicted octanol–water partition coefficient (Wildman–Crippen LogP) is 1.63. The lowest BCUT2D eigenvalue weighted by Gasteiger charge is -2.09. The zero-order valence-corrected chi connectivity index (χ0v) is 14.6. The van der Waals surface area contributed by atoms with Gasteiger partial charge in [0.05, 0.1) is 12.0 Å². The van der Waals surface area contributed by atoms with E-state index >= 15 is 0 Å². The molecule has 1 N–H and O–H groups in total. The van der Waals surface area contributed by atoms with Crippen LogP contribution < -0.4 is 10.9 Å². The minimum Gasteiger partial charge on any atom is -0.350 e. The van der Waals surface area contributed by atoms with Crippen molar-refractivity contribution in [3.8, 4) is 11.3 Å². The second-order valence-electron chi connectivity index (χ2n) is 5.96. The van der Waals surface area contributed by atoms with E-state index in [-0.39, 0.29) is 18.0 Å². The molecule has 3 rings (SSSR count). The van der Waals surface area contributed by atoms with E-state index in [0.29, 0.717) is 17.8 Å². The van der Waals surface area contributed by atoms with Crippen molar-refractivity contribution < 1.29 is 4.79 Å². The molecule has 0 radical (unpaired) electrons. The van der Waals surface area contributed by atoms with Crippen LogP contribution in [-0.4, -0.2) is 25.4 Å². The molecule has 26 heavy (non-hydrogen) atoms. The number of rotatable bonds is 5. The zero-order valence-electron chi connectivity index (χ0n) is 14.6. The third-order valence-electron chi connectivity index (χ3n) is 4.10. The summed E-state index contributed by atoms with van der Waals surface area (Å²) in [5, 5.41) is 2.82. The molecule has 7 heteroatoms. The van der Waals surface area contributed by atoms with Gasteiger partial charge < -0.3 is 5.32 Å². The molecule has 0 bridgehead atoms. The number of aromatic nitrogens is 4. The Labute approximate surface area is 150 Å². The molecule has 0 saturated heterocycles. The molecule has 0 fully saturated rings. The van der Waals surface area contributed by atoms with Gasteiger partial charge in [-0.25, -0.2) is 4.98 Å². The second kappa shape index (κ2) is 7.69. The highest BCUT2D eigenvalue weighted by Gasteiger charge is 2.08. The number of nitrogens with zero attached hydrogens (tertiary/aromatic N) is 4. The molecule has 3 aromatic rings. The van der Waals surface area contributed by atoms with Crippen molar-refractivity contribution in [3.63, 3.8) is 0 Å².